The maximum absolute atomic E-state index is 6.24. The molecule has 0 saturated carbocycles. The van der Waals surface area contributed by atoms with Gasteiger partial charge >= 0.3 is 0 Å². The van der Waals surface area contributed by atoms with Crippen molar-refractivity contribution < 1.29 is 0 Å². The number of benzene rings is 1. The smallest absolute Gasteiger partial charge is 0.181 e. The van der Waals surface area contributed by atoms with Crippen molar-refractivity contribution in [2.24, 2.45) is 0 Å². The molecule has 0 unspecified atom stereocenters. The molecule has 0 aliphatic carbocycles. The lowest BCUT2D eigenvalue weighted by atomic mass is 10.2. The number of hydrogen-bond acceptors (Lipinski definition) is 5. The highest BCUT2D eigenvalue weighted by molar-refractivity contribution is 7.20. The van der Waals surface area contributed by atoms with Gasteiger partial charge in [0.25, 0.3) is 0 Å². The third-order valence-corrected chi connectivity index (χ3v) is 5.43. The summed E-state index contributed by atoms with van der Waals surface area (Å²) >= 11 is 9.37. The Kier molecular flexibility index (Phi) is 3.02. The summed E-state index contributed by atoms with van der Waals surface area (Å²) in [5.74, 6) is 0.784. The van der Waals surface area contributed by atoms with E-state index in [1.807, 2.05) is 29.6 Å². The van der Waals surface area contributed by atoms with E-state index < -0.39 is 0 Å². The summed E-state index contributed by atoms with van der Waals surface area (Å²) in [5, 5.41) is 16.7. The number of fused-ring (bicyclic) bond motifs is 1. The summed E-state index contributed by atoms with van der Waals surface area (Å²) in [6, 6.07) is 9.76. The van der Waals surface area contributed by atoms with Crippen LogP contribution in [0.5, 0.6) is 0 Å². The highest BCUT2D eigenvalue weighted by Crippen LogP contribution is 2.34. The molecular formula is C14H9ClN4S2. The number of aromatic nitrogens is 4. The van der Waals surface area contributed by atoms with Crippen molar-refractivity contribution in [2.45, 2.75) is 6.92 Å². The Balaban J connectivity index is 1.91. The Hall–Kier alpha value is -1.76. The van der Waals surface area contributed by atoms with Gasteiger partial charge in [-0.25, -0.2) is 0 Å². The first kappa shape index (κ1) is 12.9. The van der Waals surface area contributed by atoms with Crippen LogP contribution in [0.4, 0.5) is 0 Å². The van der Waals surface area contributed by atoms with Crippen molar-refractivity contribution in [3.63, 3.8) is 0 Å². The fraction of sp³-hybridized carbons (Fsp3) is 0.0714. The molecule has 0 N–H and O–H groups in total. The Morgan fingerprint density at radius 2 is 2.00 bits per heavy atom. The maximum Gasteiger partial charge on any atom is 0.235 e. The molecule has 0 radical (unpaired) electrons. The van der Waals surface area contributed by atoms with Gasteiger partial charge in [0.2, 0.25) is 4.96 Å². The summed E-state index contributed by atoms with van der Waals surface area (Å²) in [6.45, 7) is 2.06. The Bertz CT molecular complexity index is 937. The van der Waals surface area contributed by atoms with Crippen molar-refractivity contribution in [3.05, 3.63) is 46.3 Å². The van der Waals surface area contributed by atoms with Crippen LogP contribution in [-0.2, 0) is 0 Å². The van der Waals surface area contributed by atoms with Gasteiger partial charge < -0.3 is 0 Å². The molecule has 7 heteroatoms. The molecule has 0 bridgehead atoms. The highest BCUT2D eigenvalue weighted by atomic mass is 35.5. The van der Waals surface area contributed by atoms with E-state index in [4.69, 9.17) is 11.6 Å². The van der Waals surface area contributed by atoms with E-state index in [1.165, 1.54) is 16.9 Å². The predicted molar refractivity (Wildman–Crippen MR) is 87.2 cm³/mol. The number of aryl methyl sites for hydroxylation is 1. The van der Waals surface area contributed by atoms with Crippen molar-refractivity contribution in [2.75, 3.05) is 0 Å². The first-order valence-electron chi connectivity index (χ1n) is 6.25. The van der Waals surface area contributed by atoms with Gasteiger partial charge in [-0.3, -0.25) is 0 Å². The molecule has 4 nitrogen and oxygen atoms in total. The lowest BCUT2D eigenvalue weighted by Crippen LogP contribution is -1.90. The molecule has 0 fully saturated rings. The monoisotopic (exact) mass is 332 g/mol. The second-order valence-corrected chi connectivity index (χ2v) is 6.82. The average molecular weight is 333 g/mol. The zero-order chi connectivity index (χ0) is 14.4. The summed E-state index contributed by atoms with van der Waals surface area (Å²) in [6.07, 6.45) is 0. The lowest BCUT2D eigenvalue weighted by molar-refractivity contribution is 0.973. The van der Waals surface area contributed by atoms with Crippen LogP contribution in [0.3, 0.4) is 0 Å². The molecule has 3 aromatic heterocycles. The molecule has 0 amide bonds. The topological polar surface area (TPSA) is 43.1 Å². The number of thiophene rings is 1. The molecule has 1 aromatic carbocycles. The molecule has 104 valence electrons. The normalized spacial score (nSPS) is 11.3. The Labute approximate surface area is 133 Å². The molecule has 0 spiro atoms. The second kappa shape index (κ2) is 4.91. The molecule has 0 saturated heterocycles. The van der Waals surface area contributed by atoms with E-state index in [9.17, 15) is 0 Å². The molecule has 3 heterocycles. The second-order valence-electron chi connectivity index (χ2n) is 4.54. The fourth-order valence-corrected chi connectivity index (χ4v) is 4.16. The predicted octanol–water partition coefficient (Wildman–Crippen LogP) is 4.54. The van der Waals surface area contributed by atoms with Gasteiger partial charge in [-0.05, 0) is 30.0 Å². The first-order valence-corrected chi connectivity index (χ1v) is 8.33. The summed E-state index contributed by atoms with van der Waals surface area (Å²) in [5.41, 5.74) is 2.10. The van der Waals surface area contributed by atoms with Crippen LogP contribution in [0.15, 0.2) is 35.7 Å². The van der Waals surface area contributed by atoms with E-state index in [1.54, 1.807) is 15.9 Å². The molecule has 0 aliphatic heterocycles. The van der Waals surface area contributed by atoms with Crippen LogP contribution in [0, 0.1) is 6.92 Å². The van der Waals surface area contributed by atoms with Crippen LogP contribution < -0.4 is 0 Å². The minimum Gasteiger partial charge on any atom is -0.181 e. The number of nitrogens with zero attached hydrogens (tertiary/aromatic N) is 4. The molecule has 0 aliphatic rings. The van der Waals surface area contributed by atoms with Crippen molar-refractivity contribution in [1.29, 1.82) is 0 Å². The summed E-state index contributed by atoms with van der Waals surface area (Å²) < 4.78 is 1.79. The van der Waals surface area contributed by atoms with Crippen molar-refractivity contribution in [1.82, 2.24) is 19.8 Å². The van der Waals surface area contributed by atoms with E-state index in [2.05, 4.69) is 28.3 Å². The zero-order valence-corrected chi connectivity index (χ0v) is 13.3. The molecule has 0 atom stereocenters. The molecule has 21 heavy (non-hydrogen) atoms. The Morgan fingerprint density at radius 1 is 1.14 bits per heavy atom. The minimum atomic E-state index is 0.691. The van der Waals surface area contributed by atoms with Gasteiger partial charge in [-0.15, -0.1) is 21.5 Å². The van der Waals surface area contributed by atoms with Crippen LogP contribution in [0.2, 0.25) is 5.02 Å². The lowest BCUT2D eigenvalue weighted by Gasteiger charge is -1.98. The SMILES string of the molecule is Cc1ccsc1-c1nnc2sc(-c3ccccc3Cl)nn12. The van der Waals surface area contributed by atoms with Crippen LogP contribution in [-0.4, -0.2) is 19.8 Å². The van der Waals surface area contributed by atoms with E-state index in [-0.39, 0.29) is 0 Å². The average Bonchev–Trinajstić information content (AvgIpc) is 3.14. The summed E-state index contributed by atoms with van der Waals surface area (Å²) in [4.78, 5) is 1.87. The molecule has 4 rings (SSSR count). The summed E-state index contributed by atoms with van der Waals surface area (Å²) in [7, 11) is 0. The van der Waals surface area contributed by atoms with Gasteiger partial charge in [0.05, 0.1) is 9.90 Å². The number of rotatable bonds is 2. The van der Waals surface area contributed by atoms with Crippen LogP contribution in [0.1, 0.15) is 5.56 Å². The third-order valence-electron chi connectivity index (χ3n) is 3.16. The van der Waals surface area contributed by atoms with E-state index >= 15 is 0 Å². The first-order chi connectivity index (χ1) is 10.2. The van der Waals surface area contributed by atoms with Crippen molar-refractivity contribution in [3.8, 4) is 21.3 Å². The number of halogens is 1. The van der Waals surface area contributed by atoms with Gasteiger partial charge in [0.15, 0.2) is 5.82 Å². The quantitative estimate of drug-likeness (QED) is 0.541. The largest absolute Gasteiger partial charge is 0.235 e. The van der Waals surface area contributed by atoms with Gasteiger partial charge in [0, 0.05) is 5.56 Å². The van der Waals surface area contributed by atoms with Crippen LogP contribution >= 0.6 is 34.3 Å². The fourth-order valence-electron chi connectivity index (χ4n) is 2.10. The Morgan fingerprint density at radius 3 is 2.76 bits per heavy atom. The van der Waals surface area contributed by atoms with Crippen LogP contribution in [0.25, 0.3) is 26.2 Å². The minimum absolute atomic E-state index is 0.691. The highest BCUT2D eigenvalue weighted by Gasteiger charge is 2.17. The number of hydrogen-bond donors (Lipinski definition) is 0. The third kappa shape index (κ3) is 2.07. The van der Waals surface area contributed by atoms with E-state index in [0.29, 0.717) is 5.02 Å². The van der Waals surface area contributed by atoms with Gasteiger partial charge in [0.1, 0.15) is 5.01 Å². The van der Waals surface area contributed by atoms with Gasteiger partial charge in [-0.2, -0.15) is 9.61 Å². The standard InChI is InChI=1S/C14H9ClN4S2/c1-8-6-7-20-11(8)12-16-17-14-19(12)18-13(21-14)9-4-2-3-5-10(9)15/h2-7H,1H3. The van der Waals surface area contributed by atoms with Crippen molar-refractivity contribution >= 4 is 39.2 Å². The van der Waals surface area contributed by atoms with Gasteiger partial charge in [-0.1, -0.05) is 41.1 Å². The molecule has 4 aromatic rings. The van der Waals surface area contributed by atoms with E-state index in [0.717, 1.165) is 26.2 Å². The zero-order valence-electron chi connectivity index (χ0n) is 10.9. The molecular weight excluding hydrogens is 324 g/mol. The maximum atomic E-state index is 6.24.